The van der Waals surface area contributed by atoms with Crippen molar-refractivity contribution in [2.75, 3.05) is 5.32 Å². The summed E-state index contributed by atoms with van der Waals surface area (Å²) in [6, 6.07) is 1.56. The Bertz CT molecular complexity index is 453. The third kappa shape index (κ3) is 3.99. The molecule has 0 aromatic carbocycles. The number of hydrogen-bond donors (Lipinski definition) is 1. The van der Waals surface area contributed by atoms with Crippen molar-refractivity contribution in [3.05, 3.63) is 21.9 Å². The van der Waals surface area contributed by atoms with Crippen LogP contribution in [0.5, 0.6) is 0 Å². The minimum Gasteiger partial charge on any atom is -0.381 e. The Kier molecular flexibility index (Phi) is 4.61. The van der Waals surface area contributed by atoms with Crippen LogP contribution in [-0.2, 0) is 0 Å². The molecule has 2 rings (SSSR count). The summed E-state index contributed by atoms with van der Waals surface area (Å²) in [4.78, 5) is 3.95. The zero-order chi connectivity index (χ0) is 14.0. The van der Waals surface area contributed by atoms with Crippen molar-refractivity contribution in [2.24, 2.45) is 5.92 Å². The molecule has 0 amide bonds. The lowest BCUT2D eigenvalue weighted by molar-refractivity contribution is -0.182. The van der Waals surface area contributed by atoms with Crippen molar-refractivity contribution in [1.82, 2.24) is 4.98 Å². The summed E-state index contributed by atoms with van der Waals surface area (Å²) in [5, 5.41) is 3.44. The van der Waals surface area contributed by atoms with E-state index in [1.54, 1.807) is 6.07 Å². The van der Waals surface area contributed by atoms with Crippen molar-refractivity contribution in [3.8, 4) is 0 Å². The molecular weight excluding hydrogens is 344 g/mol. The summed E-state index contributed by atoms with van der Waals surface area (Å²) in [6.07, 6.45) is -0.895. The molecular formula is C12H13BrClF3N2. The Morgan fingerprint density at radius 1 is 1.37 bits per heavy atom. The SMILES string of the molecule is FC(F)(F)C1CCCC(Nc2cnc(Cl)c(Br)c2)C1. The van der Waals surface area contributed by atoms with Gasteiger partial charge < -0.3 is 5.32 Å². The monoisotopic (exact) mass is 356 g/mol. The molecule has 1 aliphatic carbocycles. The first-order chi connectivity index (χ1) is 8.86. The number of anilines is 1. The maximum atomic E-state index is 12.7. The van der Waals surface area contributed by atoms with Gasteiger partial charge in [-0.1, -0.05) is 18.0 Å². The quantitative estimate of drug-likeness (QED) is 0.751. The summed E-state index contributed by atoms with van der Waals surface area (Å²) >= 11 is 9.01. The fourth-order valence-electron chi connectivity index (χ4n) is 2.35. The first-order valence-electron chi connectivity index (χ1n) is 6.00. The third-order valence-corrected chi connectivity index (χ3v) is 4.44. The van der Waals surface area contributed by atoms with Gasteiger partial charge in [0.15, 0.2) is 0 Å². The molecule has 1 heterocycles. The molecule has 1 aliphatic rings. The molecule has 1 saturated carbocycles. The molecule has 19 heavy (non-hydrogen) atoms. The van der Waals surface area contributed by atoms with Crippen LogP contribution in [0.4, 0.5) is 18.9 Å². The van der Waals surface area contributed by atoms with E-state index in [1.807, 2.05) is 0 Å². The van der Waals surface area contributed by atoms with Crippen molar-refractivity contribution in [1.29, 1.82) is 0 Å². The summed E-state index contributed by atoms with van der Waals surface area (Å²) in [7, 11) is 0. The van der Waals surface area contributed by atoms with Crippen LogP contribution in [-0.4, -0.2) is 17.2 Å². The van der Waals surface area contributed by atoms with E-state index in [0.29, 0.717) is 21.7 Å². The summed E-state index contributed by atoms with van der Waals surface area (Å²) in [5.41, 5.74) is 0.684. The smallest absolute Gasteiger partial charge is 0.381 e. The zero-order valence-corrected chi connectivity index (χ0v) is 12.3. The molecule has 7 heteroatoms. The largest absolute Gasteiger partial charge is 0.391 e. The first-order valence-corrected chi connectivity index (χ1v) is 7.17. The van der Waals surface area contributed by atoms with Gasteiger partial charge in [0.2, 0.25) is 0 Å². The van der Waals surface area contributed by atoms with Gasteiger partial charge in [-0.15, -0.1) is 0 Å². The summed E-state index contributed by atoms with van der Waals surface area (Å²) in [6.45, 7) is 0. The lowest BCUT2D eigenvalue weighted by atomic mass is 9.85. The van der Waals surface area contributed by atoms with Gasteiger partial charge in [0.05, 0.1) is 22.3 Å². The number of rotatable bonds is 2. The van der Waals surface area contributed by atoms with Gasteiger partial charge in [-0.3, -0.25) is 0 Å². The normalized spacial score (nSPS) is 24.3. The van der Waals surface area contributed by atoms with Gasteiger partial charge in [0.1, 0.15) is 5.15 Å². The Morgan fingerprint density at radius 2 is 2.11 bits per heavy atom. The Labute approximate surface area is 122 Å². The molecule has 106 valence electrons. The van der Waals surface area contributed by atoms with Crippen LogP contribution >= 0.6 is 27.5 Å². The summed E-state index contributed by atoms with van der Waals surface area (Å²) in [5.74, 6) is -1.21. The fourth-order valence-corrected chi connectivity index (χ4v) is 2.81. The highest BCUT2D eigenvalue weighted by molar-refractivity contribution is 9.10. The zero-order valence-electron chi connectivity index (χ0n) is 9.97. The van der Waals surface area contributed by atoms with Crippen LogP contribution in [0.3, 0.4) is 0 Å². The van der Waals surface area contributed by atoms with Crippen LogP contribution in [0.25, 0.3) is 0 Å². The number of hydrogen-bond acceptors (Lipinski definition) is 2. The van der Waals surface area contributed by atoms with Gasteiger partial charge in [-0.2, -0.15) is 13.2 Å². The van der Waals surface area contributed by atoms with E-state index in [4.69, 9.17) is 11.6 Å². The first kappa shape index (κ1) is 14.9. The van der Waals surface area contributed by atoms with Crippen LogP contribution < -0.4 is 5.32 Å². The Balaban J connectivity index is 2.00. The molecule has 0 saturated heterocycles. The fraction of sp³-hybridized carbons (Fsp3) is 0.583. The van der Waals surface area contributed by atoms with Gasteiger partial charge in [0.25, 0.3) is 0 Å². The molecule has 2 unspecified atom stereocenters. The number of nitrogens with one attached hydrogen (secondary N) is 1. The van der Waals surface area contributed by atoms with Gasteiger partial charge in [-0.05, 0) is 41.3 Å². The van der Waals surface area contributed by atoms with Crippen molar-refractivity contribution in [3.63, 3.8) is 0 Å². The van der Waals surface area contributed by atoms with Crippen molar-refractivity contribution >= 4 is 33.2 Å². The molecule has 2 atom stereocenters. The molecule has 1 aromatic rings. The van der Waals surface area contributed by atoms with Crippen molar-refractivity contribution in [2.45, 2.75) is 37.9 Å². The minimum atomic E-state index is -4.10. The van der Waals surface area contributed by atoms with Gasteiger partial charge >= 0.3 is 6.18 Å². The molecule has 0 aliphatic heterocycles. The van der Waals surface area contributed by atoms with Crippen LogP contribution in [0.2, 0.25) is 5.15 Å². The van der Waals surface area contributed by atoms with E-state index in [9.17, 15) is 13.2 Å². The highest BCUT2D eigenvalue weighted by Gasteiger charge is 2.42. The predicted octanol–water partition coefficient (Wildman–Crippen LogP) is 5.03. The van der Waals surface area contributed by atoms with Crippen LogP contribution in [0, 0.1) is 5.92 Å². The molecule has 2 nitrogen and oxygen atoms in total. The van der Waals surface area contributed by atoms with E-state index in [2.05, 4.69) is 26.2 Å². The molecule has 0 radical (unpaired) electrons. The number of aromatic nitrogens is 1. The third-order valence-electron chi connectivity index (χ3n) is 3.30. The lowest BCUT2D eigenvalue weighted by Crippen LogP contribution is -2.34. The average Bonchev–Trinajstić information content (AvgIpc) is 2.33. The minimum absolute atomic E-state index is 0.115. The van der Waals surface area contributed by atoms with E-state index in [-0.39, 0.29) is 18.9 Å². The Morgan fingerprint density at radius 3 is 2.74 bits per heavy atom. The highest BCUT2D eigenvalue weighted by atomic mass is 79.9. The predicted molar refractivity (Wildman–Crippen MR) is 72.4 cm³/mol. The van der Waals surface area contributed by atoms with E-state index in [0.717, 1.165) is 6.42 Å². The molecule has 1 N–H and O–H groups in total. The maximum Gasteiger partial charge on any atom is 0.391 e. The molecule has 0 bridgehead atoms. The number of alkyl halides is 3. The average molecular weight is 358 g/mol. The number of pyridine rings is 1. The second-order valence-electron chi connectivity index (χ2n) is 4.74. The van der Waals surface area contributed by atoms with E-state index in [1.165, 1.54) is 6.20 Å². The summed E-state index contributed by atoms with van der Waals surface area (Å²) < 4.78 is 38.7. The van der Waals surface area contributed by atoms with E-state index < -0.39 is 12.1 Å². The lowest BCUT2D eigenvalue weighted by Gasteiger charge is -2.31. The molecule has 1 fully saturated rings. The number of nitrogens with zero attached hydrogens (tertiary/aromatic N) is 1. The standard InChI is InChI=1S/C12H13BrClF3N2/c13-10-5-9(6-18-11(10)14)19-8-3-1-2-7(4-8)12(15,16)17/h5-8,19H,1-4H2. The van der Waals surface area contributed by atoms with Gasteiger partial charge in [-0.25, -0.2) is 4.98 Å². The van der Waals surface area contributed by atoms with Crippen LogP contribution in [0.1, 0.15) is 25.7 Å². The molecule has 1 aromatic heterocycles. The van der Waals surface area contributed by atoms with Crippen LogP contribution in [0.15, 0.2) is 16.7 Å². The number of halogens is 5. The van der Waals surface area contributed by atoms with Crippen molar-refractivity contribution < 1.29 is 13.2 Å². The Hall–Kier alpha value is -0.490. The maximum absolute atomic E-state index is 12.7. The topological polar surface area (TPSA) is 24.9 Å². The van der Waals surface area contributed by atoms with Gasteiger partial charge in [0, 0.05) is 6.04 Å². The second-order valence-corrected chi connectivity index (χ2v) is 5.96. The second kappa shape index (κ2) is 5.87. The van der Waals surface area contributed by atoms with E-state index >= 15 is 0 Å². The molecule has 0 spiro atoms. The highest BCUT2D eigenvalue weighted by Crippen LogP contribution is 2.38.